The smallest absolute Gasteiger partial charge is 0.407 e. The number of hydrogen-bond donors (Lipinski definition) is 1. The molecule has 4 heteroatoms. The molecule has 15 heavy (non-hydrogen) atoms. The number of morpholine rings is 1. The van der Waals surface area contributed by atoms with Gasteiger partial charge in [0.2, 0.25) is 0 Å². The first-order chi connectivity index (χ1) is 7.27. The molecular weight excluding hydrogens is 194 g/mol. The topological polar surface area (TPSA) is 49.8 Å². The minimum atomic E-state index is -0.876. The van der Waals surface area contributed by atoms with E-state index in [2.05, 4.69) is 0 Å². The highest BCUT2D eigenvalue weighted by Crippen LogP contribution is 2.21. The molecule has 0 bridgehead atoms. The first kappa shape index (κ1) is 9.98. The Morgan fingerprint density at radius 2 is 2.13 bits per heavy atom. The van der Waals surface area contributed by atoms with Gasteiger partial charge in [0.25, 0.3) is 0 Å². The lowest BCUT2D eigenvalue weighted by Gasteiger charge is -2.31. The molecule has 0 aromatic heterocycles. The van der Waals surface area contributed by atoms with Gasteiger partial charge in [-0.15, -0.1) is 0 Å². The van der Waals surface area contributed by atoms with Crippen molar-refractivity contribution in [3.05, 3.63) is 35.9 Å². The summed E-state index contributed by atoms with van der Waals surface area (Å²) >= 11 is 0. The second-order valence-corrected chi connectivity index (χ2v) is 3.50. The van der Waals surface area contributed by atoms with E-state index in [9.17, 15) is 4.79 Å². The maximum absolute atomic E-state index is 10.8. The molecule has 1 aliphatic heterocycles. The maximum atomic E-state index is 10.8. The standard InChI is InChI=1S/C11H13NO3/c13-11(14)12-6-7-15-10(8-12)9-4-2-1-3-5-9/h1-5,10H,6-8H2,(H,13,14)/t10-/m1/s1. The van der Waals surface area contributed by atoms with Gasteiger partial charge in [0, 0.05) is 6.54 Å². The molecule has 1 fully saturated rings. The van der Waals surface area contributed by atoms with Crippen molar-refractivity contribution in [1.82, 2.24) is 4.90 Å². The molecule has 1 atom stereocenters. The third kappa shape index (κ3) is 2.27. The number of nitrogens with zero attached hydrogens (tertiary/aromatic N) is 1. The zero-order chi connectivity index (χ0) is 10.7. The van der Waals surface area contributed by atoms with E-state index in [1.54, 1.807) is 0 Å². The van der Waals surface area contributed by atoms with Crippen LogP contribution in [0.2, 0.25) is 0 Å². The van der Waals surface area contributed by atoms with Crippen LogP contribution in [0.4, 0.5) is 4.79 Å². The number of rotatable bonds is 1. The Morgan fingerprint density at radius 3 is 2.80 bits per heavy atom. The first-order valence-electron chi connectivity index (χ1n) is 4.92. The highest BCUT2D eigenvalue weighted by atomic mass is 16.5. The average Bonchev–Trinajstić information content (AvgIpc) is 2.30. The van der Waals surface area contributed by atoms with E-state index in [0.717, 1.165) is 5.56 Å². The van der Waals surface area contributed by atoms with E-state index in [-0.39, 0.29) is 6.10 Å². The van der Waals surface area contributed by atoms with Gasteiger partial charge >= 0.3 is 6.09 Å². The summed E-state index contributed by atoms with van der Waals surface area (Å²) in [5.41, 5.74) is 1.03. The van der Waals surface area contributed by atoms with Crippen molar-refractivity contribution < 1.29 is 14.6 Å². The van der Waals surface area contributed by atoms with Crippen LogP contribution in [0.15, 0.2) is 30.3 Å². The molecular formula is C11H13NO3. The Kier molecular flexibility index (Phi) is 2.87. The fourth-order valence-electron chi connectivity index (χ4n) is 1.69. The minimum Gasteiger partial charge on any atom is -0.465 e. The number of carboxylic acid groups (broad SMARTS) is 1. The Morgan fingerprint density at radius 1 is 1.40 bits per heavy atom. The number of carbonyl (C=O) groups is 1. The van der Waals surface area contributed by atoms with Crippen molar-refractivity contribution in [2.45, 2.75) is 6.10 Å². The van der Waals surface area contributed by atoms with Crippen LogP contribution in [-0.2, 0) is 4.74 Å². The number of amides is 1. The van der Waals surface area contributed by atoms with Crippen LogP contribution < -0.4 is 0 Å². The van der Waals surface area contributed by atoms with Crippen molar-refractivity contribution in [3.63, 3.8) is 0 Å². The molecule has 4 nitrogen and oxygen atoms in total. The number of benzene rings is 1. The highest BCUT2D eigenvalue weighted by molar-refractivity contribution is 5.65. The lowest BCUT2D eigenvalue weighted by atomic mass is 10.1. The minimum absolute atomic E-state index is 0.129. The van der Waals surface area contributed by atoms with Gasteiger partial charge in [-0.25, -0.2) is 4.79 Å². The molecule has 1 N–H and O–H groups in total. The van der Waals surface area contributed by atoms with Crippen molar-refractivity contribution in [3.8, 4) is 0 Å². The van der Waals surface area contributed by atoms with Gasteiger partial charge in [0.15, 0.2) is 0 Å². The molecule has 2 rings (SSSR count). The molecule has 1 aromatic carbocycles. The summed E-state index contributed by atoms with van der Waals surface area (Å²) in [4.78, 5) is 12.2. The fourth-order valence-corrected chi connectivity index (χ4v) is 1.69. The predicted octanol–water partition coefficient (Wildman–Crippen LogP) is 1.74. The normalized spacial score (nSPS) is 21.3. The summed E-state index contributed by atoms with van der Waals surface area (Å²) in [5.74, 6) is 0. The summed E-state index contributed by atoms with van der Waals surface area (Å²) < 4.78 is 5.54. The third-order valence-corrected chi connectivity index (χ3v) is 2.51. The van der Waals surface area contributed by atoms with Crippen LogP contribution in [0.3, 0.4) is 0 Å². The largest absolute Gasteiger partial charge is 0.465 e. The first-order valence-corrected chi connectivity index (χ1v) is 4.92. The molecule has 1 heterocycles. The molecule has 80 valence electrons. The maximum Gasteiger partial charge on any atom is 0.407 e. The van der Waals surface area contributed by atoms with Crippen molar-refractivity contribution in [2.24, 2.45) is 0 Å². The van der Waals surface area contributed by atoms with Gasteiger partial charge in [-0.05, 0) is 5.56 Å². The van der Waals surface area contributed by atoms with Crippen LogP contribution in [0, 0.1) is 0 Å². The SMILES string of the molecule is O=C(O)N1CCO[C@@H](c2ccccc2)C1. The van der Waals surface area contributed by atoms with Crippen LogP contribution in [0.1, 0.15) is 11.7 Å². The van der Waals surface area contributed by atoms with Gasteiger partial charge < -0.3 is 14.7 Å². The fraction of sp³-hybridized carbons (Fsp3) is 0.364. The van der Waals surface area contributed by atoms with Crippen LogP contribution in [-0.4, -0.2) is 35.8 Å². The van der Waals surface area contributed by atoms with Crippen molar-refractivity contribution in [2.75, 3.05) is 19.7 Å². The number of hydrogen-bond acceptors (Lipinski definition) is 2. The molecule has 1 aromatic rings. The Bertz CT molecular complexity index is 339. The van der Waals surface area contributed by atoms with E-state index in [0.29, 0.717) is 19.7 Å². The molecule has 1 aliphatic rings. The lowest BCUT2D eigenvalue weighted by Crippen LogP contribution is -2.41. The van der Waals surface area contributed by atoms with Crippen molar-refractivity contribution >= 4 is 6.09 Å². The van der Waals surface area contributed by atoms with E-state index in [1.807, 2.05) is 30.3 Å². The molecule has 1 amide bonds. The molecule has 0 radical (unpaired) electrons. The quantitative estimate of drug-likeness (QED) is 0.763. The lowest BCUT2D eigenvalue weighted by molar-refractivity contribution is -0.0232. The monoisotopic (exact) mass is 207 g/mol. The Hall–Kier alpha value is -1.55. The summed E-state index contributed by atoms with van der Waals surface area (Å²) in [6.45, 7) is 1.34. The van der Waals surface area contributed by atoms with Crippen LogP contribution in [0.5, 0.6) is 0 Å². The summed E-state index contributed by atoms with van der Waals surface area (Å²) in [5, 5.41) is 8.87. The second-order valence-electron chi connectivity index (χ2n) is 3.50. The zero-order valence-corrected chi connectivity index (χ0v) is 8.30. The van der Waals surface area contributed by atoms with Crippen LogP contribution in [0.25, 0.3) is 0 Å². The summed E-state index contributed by atoms with van der Waals surface area (Å²) in [6, 6.07) is 9.70. The van der Waals surface area contributed by atoms with Gasteiger partial charge in [-0.3, -0.25) is 0 Å². The van der Waals surface area contributed by atoms with Crippen LogP contribution >= 0.6 is 0 Å². The predicted molar refractivity (Wildman–Crippen MR) is 54.7 cm³/mol. The Labute approximate surface area is 88.1 Å². The van der Waals surface area contributed by atoms with Gasteiger partial charge in [-0.2, -0.15) is 0 Å². The molecule has 0 spiro atoms. The van der Waals surface area contributed by atoms with E-state index < -0.39 is 6.09 Å². The highest BCUT2D eigenvalue weighted by Gasteiger charge is 2.24. The average molecular weight is 207 g/mol. The van der Waals surface area contributed by atoms with E-state index in [4.69, 9.17) is 9.84 Å². The van der Waals surface area contributed by atoms with E-state index in [1.165, 1.54) is 4.90 Å². The van der Waals surface area contributed by atoms with Gasteiger partial charge in [0.05, 0.1) is 13.2 Å². The summed E-state index contributed by atoms with van der Waals surface area (Å²) in [7, 11) is 0. The third-order valence-electron chi connectivity index (χ3n) is 2.51. The van der Waals surface area contributed by atoms with E-state index >= 15 is 0 Å². The Balaban J connectivity index is 2.08. The summed E-state index contributed by atoms with van der Waals surface area (Å²) in [6.07, 6.45) is -1.00. The molecule has 0 unspecified atom stereocenters. The van der Waals surface area contributed by atoms with Gasteiger partial charge in [0.1, 0.15) is 6.10 Å². The van der Waals surface area contributed by atoms with Crippen molar-refractivity contribution in [1.29, 1.82) is 0 Å². The van der Waals surface area contributed by atoms with Gasteiger partial charge in [-0.1, -0.05) is 30.3 Å². The molecule has 0 saturated carbocycles. The zero-order valence-electron chi connectivity index (χ0n) is 8.30. The number of ether oxygens (including phenoxy) is 1. The molecule has 1 saturated heterocycles. The molecule has 0 aliphatic carbocycles. The second kappa shape index (κ2) is 4.31.